The van der Waals surface area contributed by atoms with Gasteiger partial charge in [0.2, 0.25) is 0 Å². The molecule has 5 aromatic rings. The normalized spacial score (nSPS) is 12.6. The van der Waals surface area contributed by atoms with Crippen molar-refractivity contribution in [1.82, 2.24) is 9.44 Å². The number of esters is 1. The third kappa shape index (κ3) is 11.5. The molecule has 2 aliphatic rings. The lowest BCUT2D eigenvalue weighted by atomic mass is 9.91. The molecule has 390 valence electrons. The SMILES string of the molecule is CCC(C)(C)C(=O)OCCNC(=O)OCCS(=O)(=O)c1c(F)c(F)c(S(=O)(=O)NS(=O)(=O)c2cccc(-c3c4ccc(=Nc5c(C)cccc5C)cc-4oc4cc(Nc5c(C)cccc5C)ccc34)c2)c(F)c1F. The van der Waals surface area contributed by atoms with E-state index in [-0.39, 0.29) is 18.7 Å². The fraction of sp³-hybridized carbons (Fsp3) is 0.250. The number of rotatable bonds is 17. The van der Waals surface area contributed by atoms with E-state index in [0.29, 0.717) is 45.3 Å². The van der Waals surface area contributed by atoms with Gasteiger partial charge in [0.15, 0.2) is 38.0 Å². The molecule has 7 rings (SSSR count). The summed E-state index contributed by atoms with van der Waals surface area (Å²) in [5.41, 5.74) is 6.67. The number of para-hydroxylation sites is 2. The molecule has 0 atom stereocenters. The number of nitrogens with one attached hydrogen (secondary N) is 3. The van der Waals surface area contributed by atoms with Gasteiger partial charge in [-0.2, -0.15) is 0 Å². The van der Waals surface area contributed by atoms with Crippen molar-refractivity contribution in [2.75, 3.05) is 30.8 Å². The van der Waals surface area contributed by atoms with Gasteiger partial charge in [-0.05, 0) is 112 Å². The number of alkyl carbamates (subject to hydrolysis) is 1. The Morgan fingerprint density at radius 1 is 0.689 bits per heavy atom. The van der Waals surface area contributed by atoms with E-state index in [0.717, 1.165) is 49.9 Å². The standard InChI is InChI=1S/C52H50F4N4O11S3/c1-8-52(6,7)50(61)69-23-22-57-51(62)70-24-25-72(63,64)48-42(53)44(55)49(45(56)43(48)54)74(67,68)60-73(65,66)36-17-11-16-33(26-36)41-37-20-18-34(58-46-29(2)12-9-13-30(46)3)27-39(37)71-40-28-35(19-21-38(40)41)59-47-31(4)14-10-15-32(47)5/h9-21,26-28,58,60H,8,22-25H2,1-7H3,(H,57,62). The molecular formula is C52H50F4N4O11S3. The van der Waals surface area contributed by atoms with Crippen LogP contribution in [0.25, 0.3) is 33.4 Å². The molecule has 3 N–H and O–H groups in total. The predicted molar refractivity (Wildman–Crippen MR) is 269 cm³/mol. The summed E-state index contributed by atoms with van der Waals surface area (Å²) in [6, 6.07) is 26.8. The average molecular weight is 1080 g/mol. The summed E-state index contributed by atoms with van der Waals surface area (Å²) >= 11 is 0. The summed E-state index contributed by atoms with van der Waals surface area (Å²) < 4.78 is 160. The Hall–Kier alpha value is -7.14. The minimum absolute atomic E-state index is 0.188. The fourth-order valence-electron chi connectivity index (χ4n) is 7.79. The summed E-state index contributed by atoms with van der Waals surface area (Å²) in [5, 5.41) is 6.57. The van der Waals surface area contributed by atoms with Crippen molar-refractivity contribution in [3.63, 3.8) is 0 Å². The second kappa shape index (κ2) is 21.4. The van der Waals surface area contributed by atoms with E-state index in [1.54, 1.807) is 57.2 Å². The number of carbonyl (C=O) groups excluding carboxylic acids is 2. The lowest BCUT2D eigenvalue weighted by molar-refractivity contribution is -0.153. The van der Waals surface area contributed by atoms with Gasteiger partial charge >= 0.3 is 12.1 Å². The monoisotopic (exact) mass is 1080 g/mol. The number of hydrogen-bond acceptors (Lipinski definition) is 13. The van der Waals surface area contributed by atoms with Crippen LogP contribution in [0.1, 0.15) is 49.4 Å². The lowest BCUT2D eigenvalue weighted by Gasteiger charge is -2.20. The molecule has 0 saturated heterocycles. The van der Waals surface area contributed by atoms with Gasteiger partial charge in [-0.15, -0.1) is 4.13 Å². The largest absolute Gasteiger partial charge is 0.463 e. The zero-order chi connectivity index (χ0) is 54.1. The Balaban J connectivity index is 1.19. The van der Waals surface area contributed by atoms with E-state index in [2.05, 4.69) is 15.4 Å². The van der Waals surface area contributed by atoms with Crippen LogP contribution < -0.4 is 20.1 Å². The van der Waals surface area contributed by atoms with Crippen molar-refractivity contribution in [3.05, 3.63) is 148 Å². The van der Waals surface area contributed by atoms with Gasteiger partial charge in [0.05, 0.1) is 33.7 Å². The lowest BCUT2D eigenvalue weighted by Crippen LogP contribution is -2.33. The van der Waals surface area contributed by atoms with E-state index in [1.807, 2.05) is 64.1 Å². The van der Waals surface area contributed by atoms with Crippen LogP contribution in [0, 0.1) is 56.4 Å². The summed E-state index contributed by atoms with van der Waals surface area (Å²) in [4.78, 5) is 23.5. The number of benzene rings is 6. The van der Waals surface area contributed by atoms with Gasteiger partial charge in [-0.3, -0.25) is 4.79 Å². The maximum atomic E-state index is 15.6. The number of halogens is 4. The zero-order valence-corrected chi connectivity index (χ0v) is 43.4. The number of sulfonamides is 2. The number of anilines is 2. The molecule has 1 amide bonds. The molecule has 0 bridgehead atoms. The summed E-state index contributed by atoms with van der Waals surface area (Å²) in [6.45, 7) is 11.1. The molecule has 5 aromatic carbocycles. The number of aryl methyl sites for hydroxylation is 4. The van der Waals surface area contributed by atoms with E-state index in [1.165, 1.54) is 12.1 Å². The molecule has 0 spiro atoms. The number of carbonyl (C=O) groups is 2. The number of sulfone groups is 1. The van der Waals surface area contributed by atoms with Gasteiger partial charge in [0, 0.05) is 40.0 Å². The Bertz CT molecular complexity index is 3700. The molecule has 0 saturated carbocycles. The highest BCUT2D eigenvalue weighted by Gasteiger charge is 2.40. The first-order valence-corrected chi connectivity index (χ1v) is 27.4. The van der Waals surface area contributed by atoms with Crippen LogP contribution in [-0.4, -0.2) is 62.8 Å². The second-order valence-electron chi connectivity index (χ2n) is 17.9. The van der Waals surface area contributed by atoms with E-state index < -0.39 is 97.7 Å². The first-order chi connectivity index (χ1) is 34.8. The number of hydrogen-bond donors (Lipinski definition) is 3. The maximum absolute atomic E-state index is 15.6. The van der Waals surface area contributed by atoms with Gasteiger partial charge < -0.3 is 24.5 Å². The predicted octanol–water partition coefficient (Wildman–Crippen LogP) is 10.1. The summed E-state index contributed by atoms with van der Waals surface area (Å²) in [7, 11) is -16.9. The Morgan fingerprint density at radius 2 is 1.30 bits per heavy atom. The maximum Gasteiger partial charge on any atom is 0.407 e. The van der Waals surface area contributed by atoms with Crippen molar-refractivity contribution in [2.24, 2.45) is 10.4 Å². The van der Waals surface area contributed by atoms with Gasteiger partial charge in [0.25, 0.3) is 20.0 Å². The molecule has 1 heterocycles. The molecular weight excluding hydrogens is 1030 g/mol. The number of amides is 1. The minimum Gasteiger partial charge on any atom is -0.463 e. The van der Waals surface area contributed by atoms with Crippen LogP contribution >= 0.6 is 0 Å². The van der Waals surface area contributed by atoms with Crippen LogP contribution in [0.5, 0.6) is 0 Å². The van der Waals surface area contributed by atoms with E-state index in [4.69, 9.17) is 14.1 Å². The van der Waals surface area contributed by atoms with Crippen LogP contribution in [-0.2, 0) is 44.2 Å². The van der Waals surface area contributed by atoms with Crippen LogP contribution in [0.4, 0.5) is 39.4 Å². The number of ether oxygens (including phenoxy) is 2. The molecule has 22 heteroatoms. The highest BCUT2D eigenvalue weighted by molar-refractivity contribution is 8.04. The van der Waals surface area contributed by atoms with Crippen molar-refractivity contribution < 1.29 is 66.3 Å². The van der Waals surface area contributed by atoms with Crippen molar-refractivity contribution >= 4 is 70.0 Å². The molecule has 0 unspecified atom stereocenters. The molecule has 0 fully saturated rings. The van der Waals surface area contributed by atoms with Crippen LogP contribution in [0.3, 0.4) is 0 Å². The highest BCUT2D eigenvalue weighted by Crippen LogP contribution is 2.42. The number of fused-ring (bicyclic) bond motifs is 2. The van der Waals surface area contributed by atoms with E-state index in [9.17, 15) is 34.8 Å². The average Bonchev–Trinajstić information content (AvgIpc) is 3.33. The molecule has 1 aliphatic heterocycles. The molecule has 15 nitrogen and oxygen atoms in total. The Kier molecular flexibility index (Phi) is 15.8. The fourth-order valence-corrected chi connectivity index (χ4v) is 12.1. The zero-order valence-electron chi connectivity index (χ0n) is 40.9. The molecule has 0 aromatic heterocycles. The third-order valence-electron chi connectivity index (χ3n) is 12.2. The smallest absolute Gasteiger partial charge is 0.407 e. The summed E-state index contributed by atoms with van der Waals surface area (Å²) in [5.74, 6) is -12.6. The second-order valence-corrected chi connectivity index (χ2v) is 23.5. The molecule has 74 heavy (non-hydrogen) atoms. The van der Waals surface area contributed by atoms with Gasteiger partial charge in [-0.1, -0.05) is 55.5 Å². The van der Waals surface area contributed by atoms with Crippen molar-refractivity contribution in [1.29, 1.82) is 0 Å². The van der Waals surface area contributed by atoms with Crippen molar-refractivity contribution in [3.8, 4) is 22.5 Å². The Morgan fingerprint density at radius 3 is 1.93 bits per heavy atom. The Labute approximate surface area is 425 Å². The third-order valence-corrected chi connectivity index (χ3v) is 17.4. The molecule has 0 radical (unpaired) electrons. The molecule has 1 aliphatic carbocycles. The first-order valence-electron chi connectivity index (χ1n) is 22.8. The summed E-state index contributed by atoms with van der Waals surface area (Å²) in [6.07, 6.45) is -0.790. The van der Waals surface area contributed by atoms with Crippen molar-refractivity contribution in [2.45, 2.75) is 69.6 Å². The van der Waals surface area contributed by atoms with Crippen LogP contribution in [0.15, 0.2) is 121 Å². The minimum atomic E-state index is -6.11. The first kappa shape index (κ1) is 54.6. The van der Waals surface area contributed by atoms with Crippen LogP contribution in [0.2, 0.25) is 0 Å². The topological polar surface area (TPSA) is 217 Å². The quantitative estimate of drug-likeness (QED) is 0.0255. The van der Waals surface area contributed by atoms with E-state index >= 15 is 17.6 Å². The highest BCUT2D eigenvalue weighted by atomic mass is 32.3. The van der Waals surface area contributed by atoms with Gasteiger partial charge in [0.1, 0.15) is 29.5 Å². The number of nitrogens with zero attached hydrogens (tertiary/aromatic N) is 1. The van der Waals surface area contributed by atoms with Gasteiger partial charge in [-0.25, -0.2) is 52.6 Å².